The van der Waals surface area contributed by atoms with Gasteiger partial charge in [-0.15, -0.1) is 0 Å². The Balaban J connectivity index is 1.60. The highest BCUT2D eigenvalue weighted by atomic mass is 79.9. The minimum absolute atomic E-state index is 0.171. The van der Waals surface area contributed by atoms with Gasteiger partial charge in [0, 0.05) is 22.2 Å². The first-order valence-electron chi connectivity index (χ1n) is 10.3. The minimum Gasteiger partial charge on any atom is -0.372 e. The molecule has 1 heterocycles. The Morgan fingerprint density at radius 1 is 0.833 bits per heavy atom. The fourth-order valence-corrected chi connectivity index (χ4v) is 4.74. The third kappa shape index (κ3) is 3.56. The molecule has 2 aliphatic rings. The summed E-state index contributed by atoms with van der Waals surface area (Å²) in [4.78, 5) is 13.5. The summed E-state index contributed by atoms with van der Waals surface area (Å²) >= 11 is 3.52. The third-order valence-electron chi connectivity index (χ3n) is 6.06. The second-order valence-electron chi connectivity index (χ2n) is 8.13. The van der Waals surface area contributed by atoms with Crippen molar-refractivity contribution in [3.63, 3.8) is 0 Å². The molecule has 0 fully saturated rings. The number of carbonyl (C=O) groups is 1. The molecule has 0 saturated carbocycles. The van der Waals surface area contributed by atoms with Crippen LogP contribution in [0.4, 0.5) is 11.4 Å². The van der Waals surface area contributed by atoms with Gasteiger partial charge < -0.3 is 10.6 Å². The number of hydrogen-bond acceptors (Lipinski definition) is 3. The molecular formula is C26H23BrN2O. The number of allylic oxidation sites excluding steroid dienone is 1. The van der Waals surface area contributed by atoms with Gasteiger partial charge in [-0.2, -0.15) is 0 Å². The number of carbonyl (C=O) groups excluding carboxylic acids is 1. The zero-order valence-corrected chi connectivity index (χ0v) is 18.4. The van der Waals surface area contributed by atoms with Gasteiger partial charge in [-0.05, 0) is 54.7 Å². The SMILES string of the molecule is Cc1ccc([C@@H]2CC(=O)C3=C(C2)Nc2ccccc2N[C@@H]3c2ccc(Br)cc2)cc1. The molecule has 30 heavy (non-hydrogen) atoms. The highest BCUT2D eigenvalue weighted by Crippen LogP contribution is 2.44. The lowest BCUT2D eigenvalue weighted by Gasteiger charge is -2.30. The number of halogens is 1. The molecule has 0 unspecified atom stereocenters. The molecule has 0 amide bonds. The van der Waals surface area contributed by atoms with Crippen LogP contribution in [0.5, 0.6) is 0 Å². The van der Waals surface area contributed by atoms with Gasteiger partial charge in [-0.1, -0.05) is 70.0 Å². The summed E-state index contributed by atoms with van der Waals surface area (Å²) in [5.74, 6) is 0.405. The van der Waals surface area contributed by atoms with Crippen LogP contribution < -0.4 is 10.6 Å². The van der Waals surface area contributed by atoms with Crippen molar-refractivity contribution in [1.82, 2.24) is 0 Å². The standard InChI is InChI=1S/C26H23BrN2O/c1-16-6-8-17(9-7-16)19-14-23-25(24(30)15-19)26(18-10-12-20(27)13-11-18)29-22-5-3-2-4-21(22)28-23/h2-13,19,26,28-29H,14-15H2,1H3/t19-,26+/m0/s1. The Morgan fingerprint density at radius 3 is 2.23 bits per heavy atom. The van der Waals surface area contributed by atoms with Crippen molar-refractivity contribution in [2.75, 3.05) is 10.6 Å². The third-order valence-corrected chi connectivity index (χ3v) is 6.59. The van der Waals surface area contributed by atoms with Gasteiger partial charge in [0.2, 0.25) is 0 Å². The lowest BCUT2D eigenvalue weighted by Crippen LogP contribution is -2.26. The van der Waals surface area contributed by atoms with E-state index in [0.717, 1.165) is 39.1 Å². The Kier molecular flexibility index (Phi) is 4.95. The smallest absolute Gasteiger partial charge is 0.163 e. The molecule has 2 N–H and O–H groups in total. The fourth-order valence-electron chi connectivity index (χ4n) is 4.47. The Labute approximate surface area is 185 Å². The molecule has 0 radical (unpaired) electrons. The van der Waals surface area contributed by atoms with Crippen molar-refractivity contribution in [2.24, 2.45) is 0 Å². The number of para-hydroxylation sites is 2. The fraction of sp³-hybridized carbons (Fsp3) is 0.192. The van der Waals surface area contributed by atoms with Crippen LogP contribution in [0.1, 0.15) is 41.5 Å². The molecule has 3 aromatic rings. The van der Waals surface area contributed by atoms with Crippen LogP contribution in [0, 0.1) is 6.92 Å². The predicted octanol–water partition coefficient (Wildman–Crippen LogP) is 6.74. The zero-order chi connectivity index (χ0) is 20.7. The first kappa shape index (κ1) is 19.1. The van der Waals surface area contributed by atoms with E-state index in [1.165, 1.54) is 11.1 Å². The van der Waals surface area contributed by atoms with Crippen molar-refractivity contribution in [3.8, 4) is 0 Å². The molecule has 0 saturated heterocycles. The molecule has 5 rings (SSSR count). The lowest BCUT2D eigenvalue weighted by atomic mass is 9.78. The van der Waals surface area contributed by atoms with Gasteiger partial charge in [0.1, 0.15) is 0 Å². The number of fused-ring (bicyclic) bond motifs is 1. The maximum absolute atomic E-state index is 13.5. The van der Waals surface area contributed by atoms with Gasteiger partial charge in [0.25, 0.3) is 0 Å². The van der Waals surface area contributed by atoms with Crippen molar-refractivity contribution >= 4 is 33.1 Å². The molecule has 1 aliphatic heterocycles. The summed E-state index contributed by atoms with van der Waals surface area (Å²) in [6.07, 6.45) is 1.36. The molecule has 0 bridgehead atoms. The highest BCUT2D eigenvalue weighted by Gasteiger charge is 2.35. The van der Waals surface area contributed by atoms with E-state index in [9.17, 15) is 4.79 Å². The van der Waals surface area contributed by atoms with Crippen molar-refractivity contribution in [2.45, 2.75) is 31.7 Å². The van der Waals surface area contributed by atoms with Crippen LogP contribution in [0.2, 0.25) is 0 Å². The lowest BCUT2D eigenvalue weighted by molar-refractivity contribution is -0.116. The largest absolute Gasteiger partial charge is 0.372 e. The molecule has 0 aromatic heterocycles. The second kappa shape index (κ2) is 7.77. The summed E-state index contributed by atoms with van der Waals surface area (Å²) in [6.45, 7) is 2.09. The number of aryl methyl sites for hydroxylation is 1. The molecule has 4 heteroatoms. The first-order valence-corrected chi connectivity index (χ1v) is 11.1. The van der Waals surface area contributed by atoms with Gasteiger partial charge in [0.05, 0.1) is 17.4 Å². The Bertz CT molecular complexity index is 1130. The van der Waals surface area contributed by atoms with E-state index in [1.807, 2.05) is 24.3 Å². The van der Waals surface area contributed by atoms with Gasteiger partial charge >= 0.3 is 0 Å². The summed E-state index contributed by atoms with van der Waals surface area (Å²) in [6, 6.07) is 24.8. The monoisotopic (exact) mass is 458 g/mol. The summed E-state index contributed by atoms with van der Waals surface area (Å²) in [5.41, 5.74) is 7.47. The average Bonchev–Trinajstić information content (AvgIpc) is 2.91. The van der Waals surface area contributed by atoms with E-state index in [0.29, 0.717) is 6.42 Å². The normalized spacial score (nSPS) is 20.5. The topological polar surface area (TPSA) is 41.1 Å². The quantitative estimate of drug-likeness (QED) is 0.446. The van der Waals surface area contributed by atoms with Gasteiger partial charge in [-0.3, -0.25) is 4.79 Å². The van der Waals surface area contributed by atoms with Crippen molar-refractivity contribution in [3.05, 3.63) is 105 Å². The van der Waals surface area contributed by atoms with Crippen molar-refractivity contribution < 1.29 is 4.79 Å². The number of benzene rings is 3. The number of ketones is 1. The number of hydrogen-bond donors (Lipinski definition) is 2. The van der Waals surface area contributed by atoms with E-state index in [4.69, 9.17) is 0 Å². The van der Waals surface area contributed by atoms with E-state index in [-0.39, 0.29) is 17.7 Å². The highest BCUT2D eigenvalue weighted by molar-refractivity contribution is 9.10. The molecule has 3 nitrogen and oxygen atoms in total. The molecular weight excluding hydrogens is 436 g/mol. The van der Waals surface area contributed by atoms with Crippen molar-refractivity contribution in [1.29, 1.82) is 0 Å². The Morgan fingerprint density at radius 2 is 1.50 bits per heavy atom. The van der Waals surface area contributed by atoms with E-state index in [1.54, 1.807) is 0 Å². The van der Waals surface area contributed by atoms with Crippen LogP contribution in [0.25, 0.3) is 0 Å². The van der Waals surface area contributed by atoms with E-state index < -0.39 is 0 Å². The number of nitrogens with one attached hydrogen (secondary N) is 2. The molecule has 150 valence electrons. The molecule has 1 aliphatic carbocycles. The number of rotatable bonds is 2. The van der Waals surface area contributed by atoms with E-state index in [2.05, 4.69) is 82.0 Å². The summed E-state index contributed by atoms with van der Waals surface area (Å²) in [5, 5.41) is 7.23. The van der Waals surface area contributed by atoms with Crippen LogP contribution >= 0.6 is 15.9 Å². The maximum Gasteiger partial charge on any atom is 0.163 e. The van der Waals surface area contributed by atoms with E-state index >= 15 is 0 Å². The first-order chi connectivity index (χ1) is 14.6. The summed E-state index contributed by atoms with van der Waals surface area (Å²) < 4.78 is 1.03. The van der Waals surface area contributed by atoms with Crippen LogP contribution in [0.3, 0.4) is 0 Å². The maximum atomic E-state index is 13.5. The number of anilines is 2. The molecule has 0 spiro atoms. The van der Waals surface area contributed by atoms with Crippen LogP contribution in [0.15, 0.2) is 88.5 Å². The van der Waals surface area contributed by atoms with Crippen LogP contribution in [-0.4, -0.2) is 5.78 Å². The molecule has 3 aromatic carbocycles. The van der Waals surface area contributed by atoms with Crippen LogP contribution in [-0.2, 0) is 4.79 Å². The van der Waals surface area contributed by atoms with Gasteiger partial charge in [0.15, 0.2) is 5.78 Å². The predicted molar refractivity (Wildman–Crippen MR) is 126 cm³/mol. The second-order valence-corrected chi connectivity index (χ2v) is 9.05. The summed E-state index contributed by atoms with van der Waals surface area (Å²) in [7, 11) is 0. The number of Topliss-reactive ketones (excluding diaryl/α,β-unsaturated/α-hetero) is 1. The van der Waals surface area contributed by atoms with Gasteiger partial charge in [-0.25, -0.2) is 0 Å². The zero-order valence-electron chi connectivity index (χ0n) is 16.8. The average molecular weight is 459 g/mol. The minimum atomic E-state index is -0.171. The molecule has 2 atom stereocenters. The Hall–Kier alpha value is -2.85.